The van der Waals surface area contributed by atoms with Crippen LogP contribution < -0.4 is 14.9 Å². The normalized spacial score (nSPS) is 11.6. The van der Waals surface area contributed by atoms with E-state index in [1.165, 1.54) is 12.3 Å². The first-order chi connectivity index (χ1) is 15.3. The summed E-state index contributed by atoms with van der Waals surface area (Å²) in [4.78, 5) is 3.71. The fourth-order valence-electron chi connectivity index (χ4n) is 2.57. The van der Waals surface area contributed by atoms with Crippen LogP contribution in [-0.2, 0) is 12.8 Å². The third-order valence-corrected chi connectivity index (χ3v) is 5.08. The van der Waals surface area contributed by atoms with E-state index in [4.69, 9.17) is 21.1 Å². The van der Waals surface area contributed by atoms with Crippen LogP contribution in [0.25, 0.3) is 0 Å². The first-order valence-corrected chi connectivity index (χ1v) is 10.6. The van der Waals surface area contributed by atoms with Crippen molar-refractivity contribution < 1.29 is 22.6 Å². The van der Waals surface area contributed by atoms with Gasteiger partial charge in [-0.15, -0.1) is 0 Å². The van der Waals surface area contributed by atoms with Crippen LogP contribution in [0.15, 0.2) is 64.3 Å². The lowest BCUT2D eigenvalue weighted by molar-refractivity contribution is -0.137. The number of hydrogen-bond acceptors (Lipinski definition) is 5. The standard InChI is InChI=1S/C22H18BrClF3N3O2/c1-2-31-19-9-15(11-29-30-21-8-5-16(12-28-21)22(25,26)27)18(23)10-20(19)32-13-14-3-6-17(24)7-4-14/h3-12H,2,13H2,1H3,(H,28,30)/b29-11-. The van der Waals surface area contributed by atoms with Gasteiger partial charge in [0.25, 0.3) is 0 Å². The van der Waals surface area contributed by atoms with Crippen molar-refractivity contribution in [3.63, 3.8) is 0 Å². The molecule has 2 aromatic carbocycles. The molecule has 10 heteroatoms. The lowest BCUT2D eigenvalue weighted by Crippen LogP contribution is -2.05. The van der Waals surface area contributed by atoms with E-state index in [2.05, 4.69) is 31.4 Å². The summed E-state index contributed by atoms with van der Waals surface area (Å²) in [6.07, 6.45) is -2.20. The number of anilines is 1. The quantitative estimate of drug-likeness (QED) is 0.254. The molecule has 3 rings (SSSR count). The van der Waals surface area contributed by atoms with Crippen LogP contribution in [0.2, 0.25) is 5.02 Å². The highest BCUT2D eigenvalue weighted by Gasteiger charge is 2.30. The molecule has 0 aliphatic heterocycles. The van der Waals surface area contributed by atoms with Crippen molar-refractivity contribution in [3.05, 3.63) is 80.9 Å². The SMILES string of the molecule is CCOc1cc(/C=N\Nc2ccc(C(F)(F)F)cn2)c(Br)cc1OCc1ccc(Cl)cc1. The third-order valence-electron chi connectivity index (χ3n) is 4.14. The smallest absolute Gasteiger partial charge is 0.417 e. The average molecular weight is 529 g/mol. The van der Waals surface area contributed by atoms with Crippen LogP contribution in [0.3, 0.4) is 0 Å². The van der Waals surface area contributed by atoms with Crippen molar-refractivity contribution in [1.29, 1.82) is 0 Å². The highest BCUT2D eigenvalue weighted by Crippen LogP contribution is 2.34. The van der Waals surface area contributed by atoms with Gasteiger partial charge in [0, 0.05) is 21.3 Å². The summed E-state index contributed by atoms with van der Waals surface area (Å²) in [5.41, 5.74) is 3.40. The second-order valence-corrected chi connectivity index (χ2v) is 7.76. The van der Waals surface area contributed by atoms with Crippen molar-refractivity contribution in [3.8, 4) is 11.5 Å². The molecule has 0 atom stereocenters. The summed E-state index contributed by atoms with van der Waals surface area (Å²) in [6.45, 7) is 2.62. The number of ether oxygens (including phenoxy) is 2. The topological polar surface area (TPSA) is 55.7 Å². The Balaban J connectivity index is 1.71. The summed E-state index contributed by atoms with van der Waals surface area (Å²) >= 11 is 9.38. The van der Waals surface area contributed by atoms with Gasteiger partial charge >= 0.3 is 6.18 Å². The first-order valence-electron chi connectivity index (χ1n) is 9.42. The third kappa shape index (κ3) is 6.61. The van der Waals surface area contributed by atoms with Gasteiger partial charge in [-0.25, -0.2) is 4.98 Å². The first kappa shape index (κ1) is 23.9. The van der Waals surface area contributed by atoms with E-state index in [9.17, 15) is 13.2 Å². The number of hydrazone groups is 1. The fourth-order valence-corrected chi connectivity index (χ4v) is 3.12. The number of halogens is 5. The number of nitrogens with one attached hydrogen (secondary N) is 1. The maximum atomic E-state index is 12.6. The Hall–Kier alpha value is -2.78. The molecule has 32 heavy (non-hydrogen) atoms. The van der Waals surface area contributed by atoms with Crippen LogP contribution >= 0.6 is 27.5 Å². The van der Waals surface area contributed by atoms with Crippen molar-refractivity contribution in [2.75, 3.05) is 12.0 Å². The van der Waals surface area contributed by atoms with Crippen LogP contribution in [0.4, 0.5) is 19.0 Å². The molecule has 0 radical (unpaired) electrons. The summed E-state index contributed by atoms with van der Waals surface area (Å²) < 4.78 is 50.1. The molecule has 0 spiro atoms. The second-order valence-electron chi connectivity index (χ2n) is 6.47. The molecule has 0 aliphatic rings. The molecule has 0 fully saturated rings. The molecule has 0 bridgehead atoms. The molecule has 0 saturated carbocycles. The highest BCUT2D eigenvalue weighted by atomic mass is 79.9. The van der Waals surface area contributed by atoms with Crippen molar-refractivity contribution >= 4 is 39.6 Å². The highest BCUT2D eigenvalue weighted by molar-refractivity contribution is 9.10. The summed E-state index contributed by atoms with van der Waals surface area (Å²) in [5.74, 6) is 1.25. The van der Waals surface area contributed by atoms with Gasteiger partial charge in [-0.05, 0) is 64.8 Å². The molecule has 1 heterocycles. The Morgan fingerprint density at radius 2 is 1.81 bits per heavy atom. The maximum absolute atomic E-state index is 12.6. The number of alkyl halides is 3. The Morgan fingerprint density at radius 1 is 1.09 bits per heavy atom. The van der Waals surface area contributed by atoms with Gasteiger partial charge in [-0.1, -0.05) is 23.7 Å². The second kappa shape index (κ2) is 10.7. The molecule has 168 valence electrons. The molecular weight excluding hydrogens is 511 g/mol. The molecule has 3 aromatic rings. The number of hydrogen-bond donors (Lipinski definition) is 1. The van der Waals surface area contributed by atoms with E-state index in [0.29, 0.717) is 39.8 Å². The van der Waals surface area contributed by atoms with Gasteiger partial charge in [-0.3, -0.25) is 5.43 Å². The predicted octanol–water partition coefficient (Wildman–Crippen LogP) is 6.94. The Morgan fingerprint density at radius 3 is 2.44 bits per heavy atom. The largest absolute Gasteiger partial charge is 0.490 e. The minimum Gasteiger partial charge on any atom is -0.490 e. The van der Waals surface area contributed by atoms with Crippen LogP contribution in [0, 0.1) is 0 Å². The molecule has 0 amide bonds. The van der Waals surface area contributed by atoms with Crippen molar-refractivity contribution in [2.24, 2.45) is 5.10 Å². The van der Waals surface area contributed by atoms with E-state index in [0.717, 1.165) is 17.8 Å². The summed E-state index contributed by atoms with van der Waals surface area (Å²) in [6, 6.07) is 13.0. The van der Waals surface area contributed by atoms with E-state index in [-0.39, 0.29) is 5.82 Å². The predicted molar refractivity (Wildman–Crippen MR) is 122 cm³/mol. The van der Waals surface area contributed by atoms with Gasteiger partial charge in [0.1, 0.15) is 12.4 Å². The minimum absolute atomic E-state index is 0.179. The van der Waals surface area contributed by atoms with Gasteiger partial charge in [0.2, 0.25) is 0 Å². The Labute approximate surface area is 196 Å². The number of benzene rings is 2. The van der Waals surface area contributed by atoms with Gasteiger partial charge in [-0.2, -0.15) is 18.3 Å². The maximum Gasteiger partial charge on any atom is 0.417 e. The molecule has 1 N–H and O–H groups in total. The number of aromatic nitrogens is 1. The molecule has 0 saturated heterocycles. The monoisotopic (exact) mass is 527 g/mol. The number of rotatable bonds is 8. The van der Waals surface area contributed by atoms with Crippen molar-refractivity contribution in [1.82, 2.24) is 4.98 Å². The Kier molecular flexibility index (Phi) is 7.98. The minimum atomic E-state index is -4.44. The number of nitrogens with zero attached hydrogens (tertiary/aromatic N) is 2. The molecular formula is C22H18BrClF3N3O2. The van der Waals surface area contributed by atoms with E-state index < -0.39 is 11.7 Å². The van der Waals surface area contributed by atoms with E-state index >= 15 is 0 Å². The van der Waals surface area contributed by atoms with E-state index in [1.807, 2.05) is 19.1 Å². The lowest BCUT2D eigenvalue weighted by atomic mass is 10.2. The summed E-state index contributed by atoms with van der Waals surface area (Å²) in [7, 11) is 0. The van der Waals surface area contributed by atoms with Crippen LogP contribution in [0.5, 0.6) is 11.5 Å². The molecule has 0 unspecified atom stereocenters. The van der Waals surface area contributed by atoms with Crippen LogP contribution in [-0.4, -0.2) is 17.8 Å². The van der Waals surface area contributed by atoms with Crippen molar-refractivity contribution in [2.45, 2.75) is 19.7 Å². The zero-order chi connectivity index (χ0) is 23.1. The number of pyridine rings is 1. The van der Waals surface area contributed by atoms with Crippen LogP contribution in [0.1, 0.15) is 23.6 Å². The van der Waals surface area contributed by atoms with Gasteiger partial charge in [0.15, 0.2) is 11.5 Å². The average Bonchev–Trinajstić information content (AvgIpc) is 2.75. The Bertz CT molecular complexity index is 1080. The zero-order valence-electron chi connectivity index (χ0n) is 16.8. The molecule has 5 nitrogen and oxygen atoms in total. The molecule has 1 aromatic heterocycles. The lowest BCUT2D eigenvalue weighted by Gasteiger charge is -2.14. The van der Waals surface area contributed by atoms with E-state index in [1.54, 1.807) is 24.3 Å². The van der Waals surface area contributed by atoms with Gasteiger partial charge < -0.3 is 9.47 Å². The fraction of sp³-hybridized carbons (Fsp3) is 0.182. The van der Waals surface area contributed by atoms with Gasteiger partial charge in [0.05, 0.1) is 18.4 Å². The summed E-state index contributed by atoms with van der Waals surface area (Å²) in [5, 5.41) is 4.69. The zero-order valence-corrected chi connectivity index (χ0v) is 19.1. The molecule has 0 aliphatic carbocycles.